The third kappa shape index (κ3) is 3.70. The summed E-state index contributed by atoms with van der Waals surface area (Å²) in [7, 11) is 1.64. The van der Waals surface area contributed by atoms with Crippen molar-refractivity contribution in [2.24, 2.45) is 0 Å². The molecule has 0 aliphatic carbocycles. The SMILES string of the molecule is COc1cccc(NC(=S)Nc2ccccc2-n2cccc2)c1. The number of ether oxygens (including phenoxy) is 1. The molecule has 0 saturated heterocycles. The molecule has 5 heteroatoms. The Bertz CT molecular complexity index is 800. The van der Waals surface area contributed by atoms with E-state index in [1.165, 1.54) is 0 Å². The Labute approximate surface area is 140 Å². The standard InChI is InChI=1S/C18H17N3OS/c1-22-15-8-6-7-14(13-15)19-18(23)20-16-9-2-3-10-17(16)21-11-4-5-12-21/h2-13H,1H3,(H2,19,20,23). The van der Waals surface area contributed by atoms with Gasteiger partial charge >= 0.3 is 0 Å². The van der Waals surface area contributed by atoms with Crippen molar-refractivity contribution in [3.63, 3.8) is 0 Å². The highest BCUT2D eigenvalue weighted by Gasteiger charge is 2.05. The zero-order valence-corrected chi connectivity index (χ0v) is 13.5. The van der Waals surface area contributed by atoms with Crippen molar-refractivity contribution in [1.29, 1.82) is 0 Å². The Morgan fingerprint density at radius 3 is 2.52 bits per heavy atom. The lowest BCUT2D eigenvalue weighted by molar-refractivity contribution is 0.415. The van der Waals surface area contributed by atoms with Crippen LogP contribution in [0.4, 0.5) is 11.4 Å². The number of para-hydroxylation sites is 2. The van der Waals surface area contributed by atoms with E-state index in [0.29, 0.717) is 5.11 Å². The number of anilines is 2. The molecular weight excluding hydrogens is 306 g/mol. The summed E-state index contributed by atoms with van der Waals surface area (Å²) in [6, 6.07) is 19.6. The lowest BCUT2D eigenvalue weighted by Gasteiger charge is -2.15. The Morgan fingerprint density at radius 2 is 1.74 bits per heavy atom. The van der Waals surface area contributed by atoms with Crippen molar-refractivity contribution in [3.05, 3.63) is 73.1 Å². The van der Waals surface area contributed by atoms with E-state index in [2.05, 4.69) is 10.6 Å². The number of benzene rings is 2. The fraction of sp³-hybridized carbons (Fsp3) is 0.0556. The second-order valence-electron chi connectivity index (χ2n) is 4.92. The maximum Gasteiger partial charge on any atom is 0.175 e. The number of hydrogen-bond acceptors (Lipinski definition) is 2. The Morgan fingerprint density at radius 1 is 0.957 bits per heavy atom. The second kappa shape index (κ2) is 6.98. The van der Waals surface area contributed by atoms with Crippen LogP contribution in [0, 0.1) is 0 Å². The molecule has 0 radical (unpaired) electrons. The highest BCUT2D eigenvalue weighted by atomic mass is 32.1. The summed E-state index contributed by atoms with van der Waals surface area (Å²) in [6.07, 6.45) is 4.00. The fourth-order valence-corrected chi connectivity index (χ4v) is 2.51. The van der Waals surface area contributed by atoms with Crippen molar-refractivity contribution in [3.8, 4) is 11.4 Å². The third-order valence-electron chi connectivity index (χ3n) is 3.36. The number of aromatic nitrogens is 1. The zero-order valence-electron chi connectivity index (χ0n) is 12.7. The van der Waals surface area contributed by atoms with Gasteiger partial charge in [-0.05, 0) is 48.6 Å². The molecule has 0 amide bonds. The van der Waals surface area contributed by atoms with Crippen LogP contribution in [0.1, 0.15) is 0 Å². The van der Waals surface area contributed by atoms with Crippen LogP contribution in [0.3, 0.4) is 0 Å². The minimum Gasteiger partial charge on any atom is -0.497 e. The minimum atomic E-state index is 0.526. The molecule has 0 bridgehead atoms. The minimum absolute atomic E-state index is 0.526. The van der Waals surface area contributed by atoms with Crippen LogP contribution < -0.4 is 15.4 Å². The second-order valence-corrected chi connectivity index (χ2v) is 5.33. The van der Waals surface area contributed by atoms with Crippen LogP contribution in [-0.4, -0.2) is 16.8 Å². The molecule has 116 valence electrons. The zero-order chi connectivity index (χ0) is 16.1. The summed E-state index contributed by atoms with van der Waals surface area (Å²) in [6.45, 7) is 0. The lowest BCUT2D eigenvalue weighted by Crippen LogP contribution is -2.20. The molecule has 0 fully saturated rings. The van der Waals surface area contributed by atoms with E-state index in [0.717, 1.165) is 22.8 Å². The number of nitrogens with zero attached hydrogens (tertiary/aromatic N) is 1. The molecule has 4 nitrogen and oxygen atoms in total. The van der Waals surface area contributed by atoms with Crippen LogP contribution in [-0.2, 0) is 0 Å². The highest BCUT2D eigenvalue weighted by Crippen LogP contribution is 2.21. The molecule has 3 rings (SSSR count). The number of methoxy groups -OCH3 is 1. The molecule has 0 aliphatic heterocycles. The van der Waals surface area contributed by atoms with Crippen molar-refractivity contribution in [2.75, 3.05) is 17.7 Å². The van der Waals surface area contributed by atoms with Crippen LogP contribution in [0.2, 0.25) is 0 Å². The topological polar surface area (TPSA) is 38.2 Å². The first-order valence-electron chi connectivity index (χ1n) is 7.21. The maximum atomic E-state index is 5.41. The van der Waals surface area contributed by atoms with Crippen molar-refractivity contribution in [1.82, 2.24) is 4.57 Å². The predicted octanol–water partition coefficient (Wildman–Crippen LogP) is 4.29. The Hall–Kier alpha value is -2.79. The molecule has 0 spiro atoms. The molecule has 0 aliphatic rings. The first kappa shape index (κ1) is 15.1. The van der Waals surface area contributed by atoms with E-state index in [1.807, 2.05) is 77.6 Å². The normalized spacial score (nSPS) is 10.1. The summed E-state index contributed by atoms with van der Waals surface area (Å²) in [5.74, 6) is 0.783. The van der Waals surface area contributed by atoms with E-state index in [1.54, 1.807) is 7.11 Å². The van der Waals surface area contributed by atoms with Gasteiger partial charge in [0.1, 0.15) is 5.75 Å². The van der Waals surface area contributed by atoms with Gasteiger partial charge in [0.25, 0.3) is 0 Å². The molecule has 0 saturated carbocycles. The quantitative estimate of drug-likeness (QED) is 0.702. The Balaban J connectivity index is 1.76. The van der Waals surface area contributed by atoms with Gasteiger partial charge < -0.3 is 19.9 Å². The monoisotopic (exact) mass is 323 g/mol. The van der Waals surface area contributed by atoms with E-state index < -0.39 is 0 Å². The largest absolute Gasteiger partial charge is 0.497 e. The average Bonchev–Trinajstić information content (AvgIpc) is 3.10. The molecule has 2 aromatic carbocycles. The van der Waals surface area contributed by atoms with Crippen molar-refractivity contribution in [2.45, 2.75) is 0 Å². The molecule has 0 atom stereocenters. The summed E-state index contributed by atoms with van der Waals surface area (Å²) in [4.78, 5) is 0. The first-order chi connectivity index (χ1) is 11.3. The summed E-state index contributed by atoms with van der Waals surface area (Å²) < 4.78 is 7.25. The van der Waals surface area contributed by atoms with Gasteiger partial charge in [-0.1, -0.05) is 18.2 Å². The molecule has 1 heterocycles. The number of nitrogens with one attached hydrogen (secondary N) is 2. The predicted molar refractivity (Wildman–Crippen MR) is 98.6 cm³/mol. The van der Waals surface area contributed by atoms with Crippen LogP contribution in [0.25, 0.3) is 5.69 Å². The van der Waals surface area contributed by atoms with Crippen LogP contribution in [0.15, 0.2) is 73.1 Å². The molecule has 0 unspecified atom stereocenters. The molecule has 2 N–H and O–H groups in total. The van der Waals surface area contributed by atoms with E-state index in [4.69, 9.17) is 17.0 Å². The van der Waals surface area contributed by atoms with Gasteiger partial charge in [-0.25, -0.2) is 0 Å². The van der Waals surface area contributed by atoms with Crippen molar-refractivity contribution < 1.29 is 4.74 Å². The molecular formula is C18H17N3OS. The third-order valence-corrected chi connectivity index (χ3v) is 3.57. The smallest absolute Gasteiger partial charge is 0.175 e. The van der Waals surface area contributed by atoms with E-state index in [-0.39, 0.29) is 0 Å². The number of thiocarbonyl (C=S) groups is 1. The van der Waals surface area contributed by atoms with Gasteiger partial charge in [0, 0.05) is 24.1 Å². The Kier molecular flexibility index (Phi) is 4.59. The summed E-state index contributed by atoms with van der Waals surface area (Å²) in [5.41, 5.74) is 2.84. The molecule has 3 aromatic rings. The van der Waals surface area contributed by atoms with Gasteiger partial charge in [-0.3, -0.25) is 0 Å². The molecule has 23 heavy (non-hydrogen) atoms. The van der Waals surface area contributed by atoms with E-state index in [9.17, 15) is 0 Å². The van der Waals surface area contributed by atoms with Gasteiger partial charge in [0.15, 0.2) is 5.11 Å². The van der Waals surface area contributed by atoms with E-state index >= 15 is 0 Å². The van der Waals surface area contributed by atoms with Crippen LogP contribution in [0.5, 0.6) is 5.75 Å². The first-order valence-corrected chi connectivity index (χ1v) is 7.61. The average molecular weight is 323 g/mol. The fourth-order valence-electron chi connectivity index (χ4n) is 2.29. The van der Waals surface area contributed by atoms with Crippen LogP contribution >= 0.6 is 12.2 Å². The number of rotatable bonds is 4. The van der Waals surface area contributed by atoms with Gasteiger partial charge in [0.2, 0.25) is 0 Å². The highest BCUT2D eigenvalue weighted by molar-refractivity contribution is 7.80. The van der Waals surface area contributed by atoms with Crippen molar-refractivity contribution >= 4 is 28.7 Å². The summed E-state index contributed by atoms with van der Waals surface area (Å²) in [5, 5.41) is 6.94. The number of hydrogen-bond donors (Lipinski definition) is 2. The van der Waals surface area contributed by atoms with Gasteiger partial charge in [-0.15, -0.1) is 0 Å². The van der Waals surface area contributed by atoms with Gasteiger partial charge in [0.05, 0.1) is 18.5 Å². The molecule has 1 aromatic heterocycles. The van der Waals surface area contributed by atoms with Gasteiger partial charge in [-0.2, -0.15) is 0 Å². The summed E-state index contributed by atoms with van der Waals surface area (Å²) >= 11 is 5.41. The maximum absolute atomic E-state index is 5.41. The lowest BCUT2D eigenvalue weighted by atomic mass is 10.2.